The van der Waals surface area contributed by atoms with Gasteiger partial charge in [-0.05, 0) is 26.1 Å². The van der Waals surface area contributed by atoms with Crippen LogP contribution in [0.2, 0.25) is 0 Å². The molecule has 3 aromatic heterocycles. The second-order valence-corrected chi connectivity index (χ2v) is 13.7. The fraction of sp³-hybridized carbons (Fsp3) is 0.483. The van der Waals surface area contributed by atoms with E-state index >= 15 is 0 Å². The van der Waals surface area contributed by atoms with Crippen LogP contribution in [-0.2, 0) is 36.9 Å². The molecule has 1 saturated heterocycles. The minimum absolute atomic E-state index is 0.0463. The van der Waals surface area contributed by atoms with Gasteiger partial charge in [-0.1, -0.05) is 51.1 Å². The van der Waals surface area contributed by atoms with Gasteiger partial charge in [0.1, 0.15) is 24.4 Å². The summed E-state index contributed by atoms with van der Waals surface area (Å²) in [5.74, 6) is -0.435. The van der Waals surface area contributed by atoms with Crippen LogP contribution >= 0.6 is 7.75 Å². The standard InChI is InChI=1S/C29H38N7O9P/c1-7-40-24-20-23(34-26(30)35-24)36(16-32-20)25-29(5,31-6)21(37)18(43-25)14-41-46(39,33-13-17-11-9-8-10-12-17)42-15-19-22(28(2,3)4)45-27(38)44-19/h8-12,16,18,21,25,37H,6-7,13-15H2,1-5H3,(H,33,39)(H2,30,34,35)/t18-,21-,25-,29-,46?/m1/s1. The summed E-state index contributed by atoms with van der Waals surface area (Å²) in [6.07, 6.45) is -1.86. The lowest BCUT2D eigenvalue weighted by Gasteiger charge is -2.28. The van der Waals surface area contributed by atoms with Crippen LogP contribution in [0.1, 0.15) is 57.9 Å². The zero-order valence-corrected chi connectivity index (χ0v) is 27.1. The Labute approximate surface area is 264 Å². The van der Waals surface area contributed by atoms with Crippen molar-refractivity contribution in [3.8, 4) is 5.88 Å². The third-order valence-electron chi connectivity index (χ3n) is 7.46. The third-order valence-corrected chi connectivity index (χ3v) is 8.96. The smallest absolute Gasteiger partial charge is 0.476 e. The zero-order chi connectivity index (χ0) is 33.3. The van der Waals surface area contributed by atoms with Crippen LogP contribution in [-0.4, -0.2) is 62.3 Å². The number of ether oxygens (including phenoxy) is 2. The van der Waals surface area contributed by atoms with E-state index in [2.05, 4.69) is 31.7 Å². The van der Waals surface area contributed by atoms with E-state index in [1.54, 1.807) is 18.4 Å². The molecular weight excluding hydrogens is 621 g/mol. The first-order valence-electron chi connectivity index (χ1n) is 14.5. The Morgan fingerprint density at radius 1 is 1.22 bits per heavy atom. The van der Waals surface area contributed by atoms with E-state index in [4.69, 9.17) is 33.1 Å². The highest BCUT2D eigenvalue weighted by molar-refractivity contribution is 7.51. The summed E-state index contributed by atoms with van der Waals surface area (Å²) in [6.45, 7) is 12.3. The van der Waals surface area contributed by atoms with Gasteiger partial charge in [0.05, 0.1) is 19.5 Å². The van der Waals surface area contributed by atoms with Gasteiger partial charge < -0.3 is 29.1 Å². The molecule has 0 radical (unpaired) electrons. The molecule has 17 heteroatoms. The SMILES string of the molecule is C=N[C@]1(C)[C@H](O)[C@@H](COP(=O)(NCc2ccccc2)OCc2oc(=O)oc2C(C)(C)C)O[C@H]1n1cnc2c(OCC)nc(N)nc21. The normalized spacial score (nSPS) is 23.0. The number of aliphatic imine (C=N–C) groups is 1. The van der Waals surface area contributed by atoms with Crippen molar-refractivity contribution < 1.29 is 37.0 Å². The molecule has 1 aliphatic rings. The largest absolute Gasteiger partial charge is 0.519 e. The van der Waals surface area contributed by atoms with Gasteiger partial charge in [0.25, 0.3) is 0 Å². The quantitative estimate of drug-likeness (QED) is 0.139. The summed E-state index contributed by atoms with van der Waals surface area (Å²) in [5, 5.41) is 14.3. The number of aliphatic hydroxyl groups excluding tert-OH is 1. The monoisotopic (exact) mass is 659 g/mol. The number of hydrogen-bond donors (Lipinski definition) is 3. The second kappa shape index (κ2) is 13.1. The molecule has 0 amide bonds. The van der Waals surface area contributed by atoms with Crippen molar-refractivity contribution >= 4 is 31.6 Å². The fourth-order valence-electron chi connectivity index (χ4n) is 5.07. The molecule has 1 aromatic carbocycles. The summed E-state index contributed by atoms with van der Waals surface area (Å²) >= 11 is 0. The summed E-state index contributed by atoms with van der Waals surface area (Å²) in [6, 6.07) is 9.19. The van der Waals surface area contributed by atoms with Gasteiger partial charge in [0.15, 0.2) is 28.9 Å². The predicted molar refractivity (Wildman–Crippen MR) is 166 cm³/mol. The van der Waals surface area contributed by atoms with Crippen molar-refractivity contribution in [1.82, 2.24) is 24.6 Å². The number of hydrogen-bond acceptors (Lipinski definition) is 14. The lowest BCUT2D eigenvalue weighted by Crippen LogP contribution is -2.43. The van der Waals surface area contributed by atoms with Crippen LogP contribution in [0, 0.1) is 0 Å². The maximum Gasteiger partial charge on any atom is 0.519 e. The fourth-order valence-corrected chi connectivity index (χ4v) is 6.33. The number of anilines is 1. The molecule has 4 heterocycles. The Kier molecular flexibility index (Phi) is 9.50. The molecule has 5 rings (SSSR count). The van der Waals surface area contributed by atoms with Crippen LogP contribution in [0.3, 0.4) is 0 Å². The first kappa shape index (κ1) is 33.4. The lowest BCUT2D eigenvalue weighted by atomic mass is 9.92. The van der Waals surface area contributed by atoms with Gasteiger partial charge in [-0.25, -0.2) is 19.4 Å². The first-order chi connectivity index (χ1) is 21.8. The van der Waals surface area contributed by atoms with E-state index in [-0.39, 0.29) is 29.9 Å². The van der Waals surface area contributed by atoms with Gasteiger partial charge >= 0.3 is 13.6 Å². The average molecular weight is 660 g/mol. The Morgan fingerprint density at radius 3 is 2.63 bits per heavy atom. The number of imidazole rings is 1. The summed E-state index contributed by atoms with van der Waals surface area (Å²) < 4.78 is 49.5. The summed E-state index contributed by atoms with van der Waals surface area (Å²) in [5.41, 5.74) is 5.45. The number of benzene rings is 1. The molecule has 1 aliphatic heterocycles. The third kappa shape index (κ3) is 6.77. The number of aliphatic hydroxyl groups is 1. The van der Waals surface area contributed by atoms with Gasteiger partial charge in [-0.15, -0.1) is 0 Å². The number of nitrogen functional groups attached to an aromatic ring is 1. The van der Waals surface area contributed by atoms with Crippen molar-refractivity contribution in [2.45, 2.75) is 77.2 Å². The topological polar surface area (TPSA) is 212 Å². The predicted octanol–water partition coefficient (Wildman–Crippen LogP) is 3.50. The highest BCUT2D eigenvalue weighted by atomic mass is 31.2. The Hall–Kier alpha value is -3.92. The molecule has 1 fully saturated rings. The van der Waals surface area contributed by atoms with E-state index in [1.807, 2.05) is 51.1 Å². The number of aromatic nitrogens is 4. The molecule has 0 bridgehead atoms. The minimum Gasteiger partial charge on any atom is -0.476 e. The molecule has 0 aliphatic carbocycles. The van der Waals surface area contributed by atoms with Crippen LogP contribution in [0.25, 0.3) is 11.2 Å². The van der Waals surface area contributed by atoms with Gasteiger partial charge in [0, 0.05) is 12.0 Å². The lowest BCUT2D eigenvalue weighted by molar-refractivity contribution is -0.0437. The molecule has 1 unspecified atom stereocenters. The highest BCUT2D eigenvalue weighted by Gasteiger charge is 2.55. The molecule has 16 nitrogen and oxygen atoms in total. The van der Waals surface area contributed by atoms with E-state index in [1.165, 1.54) is 6.33 Å². The number of fused-ring (bicyclic) bond motifs is 1. The van der Waals surface area contributed by atoms with Gasteiger partial charge in [-0.2, -0.15) is 9.97 Å². The number of nitrogens with zero attached hydrogens (tertiary/aromatic N) is 5. The number of nitrogens with one attached hydrogen (secondary N) is 1. The van der Waals surface area contributed by atoms with Crippen molar-refractivity contribution in [1.29, 1.82) is 0 Å². The van der Waals surface area contributed by atoms with E-state index in [9.17, 15) is 14.5 Å². The van der Waals surface area contributed by atoms with Crippen LogP contribution in [0.5, 0.6) is 5.88 Å². The van der Waals surface area contributed by atoms with E-state index in [0.29, 0.717) is 17.8 Å². The maximum atomic E-state index is 14.1. The van der Waals surface area contributed by atoms with Crippen molar-refractivity contribution in [2.75, 3.05) is 18.9 Å². The molecule has 4 aromatic rings. The van der Waals surface area contributed by atoms with Crippen LogP contribution in [0.15, 0.2) is 55.3 Å². The van der Waals surface area contributed by atoms with E-state index in [0.717, 1.165) is 5.56 Å². The Bertz CT molecular complexity index is 1780. The zero-order valence-electron chi connectivity index (χ0n) is 26.2. The van der Waals surface area contributed by atoms with Gasteiger partial charge in [0.2, 0.25) is 11.8 Å². The number of nitrogens with two attached hydrogens (primary N) is 1. The molecule has 4 N–H and O–H groups in total. The number of rotatable bonds is 13. The first-order valence-corrected chi connectivity index (χ1v) is 16.1. The summed E-state index contributed by atoms with van der Waals surface area (Å²) in [7, 11) is -4.15. The van der Waals surface area contributed by atoms with Crippen molar-refractivity contribution in [2.24, 2.45) is 4.99 Å². The van der Waals surface area contributed by atoms with Crippen LogP contribution < -0.4 is 21.4 Å². The molecule has 0 saturated carbocycles. The van der Waals surface area contributed by atoms with Gasteiger partial charge in [-0.3, -0.25) is 18.6 Å². The molecule has 46 heavy (non-hydrogen) atoms. The molecule has 5 atom stereocenters. The second-order valence-electron chi connectivity index (χ2n) is 11.8. The Morgan fingerprint density at radius 2 is 1.96 bits per heavy atom. The molecular formula is C29H38N7O9P. The highest BCUT2D eigenvalue weighted by Crippen LogP contribution is 2.48. The van der Waals surface area contributed by atoms with Crippen molar-refractivity contribution in [3.63, 3.8) is 0 Å². The van der Waals surface area contributed by atoms with Crippen LogP contribution in [0.4, 0.5) is 5.95 Å². The average Bonchev–Trinajstić information content (AvgIpc) is 3.69. The van der Waals surface area contributed by atoms with E-state index < -0.39 is 56.2 Å². The molecule has 0 spiro atoms. The summed E-state index contributed by atoms with van der Waals surface area (Å²) in [4.78, 5) is 28.9. The maximum absolute atomic E-state index is 14.1. The molecule has 248 valence electrons. The minimum atomic E-state index is -4.15. The Balaban J connectivity index is 1.39. The van der Waals surface area contributed by atoms with Crippen molar-refractivity contribution in [3.05, 3.63) is 64.4 Å².